The van der Waals surface area contributed by atoms with Crippen molar-refractivity contribution >= 4 is 11.9 Å². The summed E-state index contributed by atoms with van der Waals surface area (Å²) < 4.78 is 0. The third-order valence-corrected chi connectivity index (χ3v) is 3.39. The molecule has 17 heavy (non-hydrogen) atoms. The summed E-state index contributed by atoms with van der Waals surface area (Å²) in [4.78, 5) is 22.6. The van der Waals surface area contributed by atoms with E-state index < -0.39 is 23.2 Å². The van der Waals surface area contributed by atoms with Crippen molar-refractivity contribution in [2.24, 2.45) is 17.3 Å². The molecule has 1 rings (SSSR count). The average molecular weight is 238 g/mol. The Morgan fingerprint density at radius 3 is 2.47 bits per heavy atom. The van der Waals surface area contributed by atoms with Gasteiger partial charge in [-0.2, -0.15) is 5.26 Å². The highest BCUT2D eigenvalue weighted by Gasteiger charge is 2.65. The number of amides is 1. The minimum atomic E-state index is -0.903. The standard InChI is InChI=1S/C12H18N2O3/c1-12(2)8(9(12)11(16)17)10(15)14-7-5-3-4-6-13/h8-9H,3-5,7H2,1-2H3,(H,14,15)(H,16,17)/t8-,9+/m1/s1. The smallest absolute Gasteiger partial charge is 0.307 e. The zero-order valence-corrected chi connectivity index (χ0v) is 10.2. The minimum absolute atomic E-state index is 0.181. The van der Waals surface area contributed by atoms with Gasteiger partial charge in [0.1, 0.15) is 0 Å². The Hall–Kier alpha value is -1.57. The van der Waals surface area contributed by atoms with E-state index in [0.29, 0.717) is 13.0 Å². The summed E-state index contributed by atoms with van der Waals surface area (Å²) in [5.41, 5.74) is -0.442. The van der Waals surface area contributed by atoms with Crippen molar-refractivity contribution in [1.29, 1.82) is 5.26 Å². The average Bonchev–Trinajstić information content (AvgIpc) is 2.81. The molecule has 0 saturated heterocycles. The highest BCUT2D eigenvalue weighted by Crippen LogP contribution is 2.58. The van der Waals surface area contributed by atoms with Gasteiger partial charge in [0.05, 0.1) is 17.9 Å². The summed E-state index contributed by atoms with van der Waals surface area (Å²) in [6.07, 6.45) is 2.00. The van der Waals surface area contributed by atoms with Gasteiger partial charge in [-0.15, -0.1) is 0 Å². The van der Waals surface area contributed by atoms with E-state index in [1.165, 1.54) is 0 Å². The van der Waals surface area contributed by atoms with E-state index in [0.717, 1.165) is 12.8 Å². The van der Waals surface area contributed by atoms with E-state index in [9.17, 15) is 9.59 Å². The summed E-state index contributed by atoms with van der Waals surface area (Å²) >= 11 is 0. The first-order chi connectivity index (χ1) is 7.92. The molecule has 2 N–H and O–H groups in total. The first kappa shape index (κ1) is 13.5. The Labute approximate surface area is 101 Å². The molecule has 0 radical (unpaired) electrons. The second kappa shape index (κ2) is 5.17. The maximum atomic E-state index is 11.7. The van der Waals surface area contributed by atoms with E-state index in [4.69, 9.17) is 10.4 Å². The van der Waals surface area contributed by atoms with Gasteiger partial charge in [-0.3, -0.25) is 9.59 Å². The second-order valence-electron chi connectivity index (χ2n) is 5.02. The zero-order valence-electron chi connectivity index (χ0n) is 10.2. The quantitative estimate of drug-likeness (QED) is 0.679. The number of carboxylic acids is 1. The number of carboxylic acid groups (broad SMARTS) is 1. The lowest BCUT2D eigenvalue weighted by atomic mass is 10.1. The van der Waals surface area contributed by atoms with Crippen LogP contribution in [0.15, 0.2) is 0 Å². The largest absolute Gasteiger partial charge is 0.481 e. The van der Waals surface area contributed by atoms with Crippen molar-refractivity contribution in [1.82, 2.24) is 5.32 Å². The maximum absolute atomic E-state index is 11.7. The number of nitrogens with zero attached hydrogens (tertiary/aromatic N) is 1. The SMILES string of the molecule is CC1(C)[C@H](C(=O)O)[C@@H]1C(=O)NCCCCC#N. The molecule has 5 heteroatoms. The monoisotopic (exact) mass is 238 g/mol. The van der Waals surface area contributed by atoms with Crippen LogP contribution in [-0.4, -0.2) is 23.5 Å². The number of rotatable bonds is 6. The molecule has 0 aromatic rings. The Morgan fingerprint density at radius 1 is 1.35 bits per heavy atom. The van der Waals surface area contributed by atoms with E-state index in [-0.39, 0.29) is 5.91 Å². The van der Waals surface area contributed by atoms with Crippen LogP contribution in [0, 0.1) is 28.6 Å². The second-order valence-corrected chi connectivity index (χ2v) is 5.02. The topological polar surface area (TPSA) is 90.2 Å². The fourth-order valence-corrected chi connectivity index (χ4v) is 2.24. The van der Waals surface area contributed by atoms with E-state index in [2.05, 4.69) is 5.32 Å². The van der Waals surface area contributed by atoms with Crippen molar-refractivity contribution in [3.63, 3.8) is 0 Å². The molecule has 1 fully saturated rings. The predicted octanol–water partition coefficient (Wildman–Crippen LogP) is 1.15. The van der Waals surface area contributed by atoms with Crippen LogP contribution < -0.4 is 5.32 Å². The van der Waals surface area contributed by atoms with Gasteiger partial charge in [0.2, 0.25) is 5.91 Å². The van der Waals surface area contributed by atoms with E-state index in [1.807, 2.05) is 6.07 Å². The lowest BCUT2D eigenvalue weighted by Gasteiger charge is -2.04. The van der Waals surface area contributed by atoms with E-state index in [1.54, 1.807) is 13.8 Å². The number of carbonyl (C=O) groups is 2. The van der Waals surface area contributed by atoms with Gasteiger partial charge in [0.25, 0.3) is 0 Å². The molecular weight excluding hydrogens is 220 g/mol. The molecular formula is C12H18N2O3. The molecule has 1 saturated carbocycles. The maximum Gasteiger partial charge on any atom is 0.307 e. The van der Waals surface area contributed by atoms with Crippen molar-refractivity contribution in [2.45, 2.75) is 33.1 Å². The summed E-state index contributed by atoms with van der Waals surface area (Å²) in [6.45, 7) is 4.11. The fraction of sp³-hybridized carbons (Fsp3) is 0.750. The van der Waals surface area contributed by atoms with Crippen molar-refractivity contribution in [2.75, 3.05) is 6.54 Å². The van der Waals surface area contributed by atoms with Crippen LogP contribution in [0.2, 0.25) is 0 Å². The third-order valence-electron chi connectivity index (χ3n) is 3.39. The number of hydrogen-bond acceptors (Lipinski definition) is 3. The summed E-state index contributed by atoms with van der Waals surface area (Å²) in [7, 11) is 0. The first-order valence-electron chi connectivity index (χ1n) is 5.80. The first-order valence-corrected chi connectivity index (χ1v) is 5.80. The molecule has 0 bridgehead atoms. The van der Waals surface area contributed by atoms with Gasteiger partial charge in [-0.25, -0.2) is 0 Å². The molecule has 0 heterocycles. The fourth-order valence-electron chi connectivity index (χ4n) is 2.24. The molecule has 1 amide bonds. The van der Waals surface area contributed by atoms with Crippen molar-refractivity contribution < 1.29 is 14.7 Å². The Morgan fingerprint density at radius 2 is 2.00 bits per heavy atom. The Balaban J connectivity index is 2.31. The lowest BCUT2D eigenvalue weighted by Crippen LogP contribution is -2.28. The molecule has 94 valence electrons. The van der Waals surface area contributed by atoms with Crippen LogP contribution in [0.25, 0.3) is 0 Å². The van der Waals surface area contributed by atoms with Crippen LogP contribution in [-0.2, 0) is 9.59 Å². The van der Waals surface area contributed by atoms with E-state index >= 15 is 0 Å². The van der Waals surface area contributed by atoms with Crippen LogP contribution in [0.3, 0.4) is 0 Å². The molecule has 2 atom stereocenters. The van der Waals surface area contributed by atoms with Crippen LogP contribution >= 0.6 is 0 Å². The number of nitrogens with one attached hydrogen (secondary N) is 1. The highest BCUT2D eigenvalue weighted by molar-refractivity contribution is 5.91. The highest BCUT2D eigenvalue weighted by atomic mass is 16.4. The molecule has 0 spiro atoms. The van der Waals surface area contributed by atoms with Crippen molar-refractivity contribution in [3.8, 4) is 6.07 Å². The third kappa shape index (κ3) is 2.96. The number of unbranched alkanes of at least 4 members (excludes halogenated alkanes) is 2. The lowest BCUT2D eigenvalue weighted by molar-refractivity contribution is -0.140. The molecule has 1 aliphatic carbocycles. The number of carbonyl (C=O) groups excluding carboxylic acids is 1. The summed E-state index contributed by atoms with van der Waals surface area (Å²) in [5.74, 6) is -2.07. The predicted molar refractivity (Wildman–Crippen MR) is 60.9 cm³/mol. The van der Waals surface area contributed by atoms with Gasteiger partial charge in [0, 0.05) is 13.0 Å². The van der Waals surface area contributed by atoms with Crippen LogP contribution in [0.5, 0.6) is 0 Å². The molecule has 0 aliphatic heterocycles. The van der Waals surface area contributed by atoms with Crippen LogP contribution in [0.4, 0.5) is 0 Å². The number of nitriles is 1. The van der Waals surface area contributed by atoms with Gasteiger partial charge in [-0.1, -0.05) is 13.8 Å². The van der Waals surface area contributed by atoms with Gasteiger partial charge >= 0.3 is 5.97 Å². The van der Waals surface area contributed by atoms with Gasteiger partial charge in [0.15, 0.2) is 0 Å². The molecule has 1 aliphatic rings. The zero-order chi connectivity index (χ0) is 13.1. The molecule has 0 aromatic carbocycles. The molecule has 0 unspecified atom stereocenters. The minimum Gasteiger partial charge on any atom is -0.481 e. The Kier molecular flexibility index (Phi) is 4.11. The summed E-state index contributed by atoms with van der Waals surface area (Å²) in [6, 6.07) is 2.04. The number of hydrogen-bond donors (Lipinski definition) is 2. The van der Waals surface area contributed by atoms with Crippen molar-refractivity contribution in [3.05, 3.63) is 0 Å². The van der Waals surface area contributed by atoms with Gasteiger partial charge < -0.3 is 10.4 Å². The Bertz CT molecular complexity index is 357. The molecule has 0 aromatic heterocycles. The van der Waals surface area contributed by atoms with Crippen LogP contribution in [0.1, 0.15) is 33.1 Å². The van der Waals surface area contributed by atoms with Gasteiger partial charge in [-0.05, 0) is 18.3 Å². The number of aliphatic carboxylic acids is 1. The normalized spacial score (nSPS) is 24.8. The molecule has 5 nitrogen and oxygen atoms in total. The summed E-state index contributed by atoms with van der Waals surface area (Å²) in [5, 5.41) is 20.0.